The molecule has 0 saturated heterocycles. The third-order valence-electron chi connectivity index (χ3n) is 2.38. The van der Waals surface area contributed by atoms with Crippen molar-refractivity contribution < 1.29 is 4.42 Å². The molecule has 0 saturated carbocycles. The Morgan fingerprint density at radius 2 is 2.29 bits per heavy atom. The molecule has 2 aromatic rings. The molecule has 86 valence electrons. The van der Waals surface area contributed by atoms with E-state index in [-0.39, 0.29) is 6.04 Å². The first-order valence-corrected chi connectivity index (χ1v) is 5.38. The number of nitrogens with zero attached hydrogens (tertiary/aromatic N) is 2. The Hall–Kier alpha value is -2.28. The van der Waals surface area contributed by atoms with E-state index in [1.54, 1.807) is 18.3 Å². The molecular weight excluding hydrogens is 214 g/mol. The fourth-order valence-corrected chi connectivity index (χ4v) is 1.56. The van der Waals surface area contributed by atoms with E-state index in [4.69, 9.17) is 9.68 Å². The molecule has 1 atom stereocenters. The van der Waals surface area contributed by atoms with Gasteiger partial charge in [-0.2, -0.15) is 5.26 Å². The van der Waals surface area contributed by atoms with Crippen molar-refractivity contribution >= 4 is 5.69 Å². The van der Waals surface area contributed by atoms with E-state index in [1.807, 2.05) is 26.0 Å². The van der Waals surface area contributed by atoms with Crippen LogP contribution in [0.1, 0.15) is 30.2 Å². The van der Waals surface area contributed by atoms with Crippen LogP contribution in [0.25, 0.3) is 0 Å². The summed E-state index contributed by atoms with van der Waals surface area (Å²) in [4.78, 5) is 4.16. The molecule has 0 radical (unpaired) electrons. The number of nitriles is 1. The number of hydrogen-bond acceptors (Lipinski definition) is 4. The topological polar surface area (TPSA) is 61.9 Å². The lowest BCUT2D eigenvalue weighted by atomic mass is 10.2. The van der Waals surface area contributed by atoms with Gasteiger partial charge in [0.05, 0.1) is 17.8 Å². The summed E-state index contributed by atoms with van der Waals surface area (Å²) in [6.07, 6.45) is 1.69. The van der Waals surface area contributed by atoms with Crippen LogP contribution in [-0.4, -0.2) is 4.98 Å². The largest absolute Gasteiger partial charge is 0.444 e. The first-order chi connectivity index (χ1) is 8.19. The number of benzene rings is 1. The van der Waals surface area contributed by atoms with Crippen molar-refractivity contribution in [1.29, 1.82) is 5.26 Å². The standard InChI is InChI=1S/C13H13N3O/c1-9-8-15-13(17-9)10(2)16-12-5-3-4-11(6-12)7-14/h3-6,8,10,16H,1-2H3. The second-order valence-electron chi connectivity index (χ2n) is 3.87. The van der Waals surface area contributed by atoms with Crippen LogP contribution in [0.2, 0.25) is 0 Å². The van der Waals surface area contributed by atoms with E-state index < -0.39 is 0 Å². The van der Waals surface area contributed by atoms with E-state index in [9.17, 15) is 0 Å². The van der Waals surface area contributed by atoms with Crippen molar-refractivity contribution in [1.82, 2.24) is 4.98 Å². The Bertz CT molecular complexity index is 554. The van der Waals surface area contributed by atoms with Crippen LogP contribution >= 0.6 is 0 Å². The van der Waals surface area contributed by atoms with Gasteiger partial charge in [-0.1, -0.05) is 6.07 Å². The van der Waals surface area contributed by atoms with Crippen molar-refractivity contribution in [2.75, 3.05) is 5.32 Å². The summed E-state index contributed by atoms with van der Waals surface area (Å²) < 4.78 is 5.44. The molecule has 1 unspecified atom stereocenters. The van der Waals surface area contributed by atoms with Crippen LogP contribution in [0.3, 0.4) is 0 Å². The minimum atomic E-state index is -0.0300. The molecule has 17 heavy (non-hydrogen) atoms. The molecule has 0 aliphatic heterocycles. The van der Waals surface area contributed by atoms with Crippen LogP contribution in [0.5, 0.6) is 0 Å². The monoisotopic (exact) mass is 227 g/mol. The molecule has 0 fully saturated rings. The Morgan fingerprint density at radius 3 is 2.94 bits per heavy atom. The molecule has 4 nitrogen and oxygen atoms in total. The van der Waals surface area contributed by atoms with Crippen LogP contribution in [0.15, 0.2) is 34.9 Å². The summed E-state index contributed by atoms with van der Waals surface area (Å²) in [7, 11) is 0. The van der Waals surface area contributed by atoms with Crippen LogP contribution in [-0.2, 0) is 0 Å². The number of nitrogens with one attached hydrogen (secondary N) is 1. The molecule has 4 heteroatoms. The van der Waals surface area contributed by atoms with Gasteiger partial charge in [0.2, 0.25) is 5.89 Å². The average molecular weight is 227 g/mol. The minimum absolute atomic E-state index is 0.0300. The van der Waals surface area contributed by atoms with Gasteiger partial charge in [0.1, 0.15) is 11.8 Å². The first-order valence-electron chi connectivity index (χ1n) is 5.38. The molecule has 0 aliphatic rings. The zero-order valence-electron chi connectivity index (χ0n) is 9.77. The molecule has 0 bridgehead atoms. The maximum Gasteiger partial charge on any atom is 0.216 e. The Morgan fingerprint density at radius 1 is 1.47 bits per heavy atom. The summed E-state index contributed by atoms with van der Waals surface area (Å²) >= 11 is 0. The molecule has 1 aromatic carbocycles. The highest BCUT2D eigenvalue weighted by Gasteiger charge is 2.10. The summed E-state index contributed by atoms with van der Waals surface area (Å²) in [6, 6.07) is 9.39. The number of aryl methyl sites for hydroxylation is 1. The van der Waals surface area contributed by atoms with Gasteiger partial charge < -0.3 is 9.73 Å². The zero-order chi connectivity index (χ0) is 12.3. The van der Waals surface area contributed by atoms with E-state index in [0.717, 1.165) is 11.4 Å². The van der Waals surface area contributed by atoms with E-state index in [0.29, 0.717) is 11.5 Å². The maximum absolute atomic E-state index is 8.81. The summed E-state index contributed by atoms with van der Waals surface area (Å²) in [6.45, 7) is 3.82. The molecule has 0 amide bonds. The average Bonchev–Trinajstić information content (AvgIpc) is 2.76. The van der Waals surface area contributed by atoms with Gasteiger partial charge in [0.25, 0.3) is 0 Å². The van der Waals surface area contributed by atoms with E-state index >= 15 is 0 Å². The molecule has 0 aliphatic carbocycles. The Labute approximate surface area is 99.9 Å². The van der Waals surface area contributed by atoms with Crippen molar-refractivity contribution in [2.24, 2.45) is 0 Å². The second-order valence-corrected chi connectivity index (χ2v) is 3.87. The van der Waals surface area contributed by atoms with Gasteiger partial charge in [-0.3, -0.25) is 0 Å². The number of aromatic nitrogens is 1. The smallest absolute Gasteiger partial charge is 0.216 e. The van der Waals surface area contributed by atoms with Gasteiger partial charge in [0, 0.05) is 5.69 Å². The quantitative estimate of drug-likeness (QED) is 0.875. The highest BCUT2D eigenvalue weighted by atomic mass is 16.4. The molecule has 2 rings (SSSR count). The molecule has 1 aromatic heterocycles. The zero-order valence-corrected chi connectivity index (χ0v) is 9.77. The van der Waals surface area contributed by atoms with Gasteiger partial charge in [-0.15, -0.1) is 0 Å². The van der Waals surface area contributed by atoms with Gasteiger partial charge in [-0.25, -0.2) is 4.98 Å². The van der Waals surface area contributed by atoms with Gasteiger partial charge in [-0.05, 0) is 32.0 Å². The highest BCUT2D eigenvalue weighted by molar-refractivity contribution is 5.49. The SMILES string of the molecule is Cc1cnc(C(C)Nc2cccc(C#N)c2)o1. The lowest BCUT2D eigenvalue weighted by molar-refractivity contribution is 0.454. The maximum atomic E-state index is 8.81. The lowest BCUT2D eigenvalue weighted by Crippen LogP contribution is -2.06. The fourth-order valence-electron chi connectivity index (χ4n) is 1.56. The van der Waals surface area contributed by atoms with Crippen molar-refractivity contribution in [3.8, 4) is 6.07 Å². The highest BCUT2D eigenvalue weighted by Crippen LogP contribution is 2.19. The molecular formula is C13H13N3O. The van der Waals surface area contributed by atoms with Crippen LogP contribution in [0, 0.1) is 18.3 Å². The van der Waals surface area contributed by atoms with Crippen molar-refractivity contribution in [2.45, 2.75) is 19.9 Å². The number of hydrogen-bond donors (Lipinski definition) is 1. The van der Waals surface area contributed by atoms with Crippen molar-refractivity contribution in [3.05, 3.63) is 47.7 Å². The van der Waals surface area contributed by atoms with Crippen LogP contribution in [0.4, 0.5) is 5.69 Å². The Kier molecular flexibility index (Phi) is 3.10. The normalized spacial score (nSPS) is 11.8. The number of anilines is 1. The predicted octanol–water partition coefficient (Wildman–Crippen LogP) is 3.03. The first kappa shape index (κ1) is 11.2. The Balaban J connectivity index is 2.13. The lowest BCUT2D eigenvalue weighted by Gasteiger charge is -2.11. The van der Waals surface area contributed by atoms with Gasteiger partial charge in [0.15, 0.2) is 0 Å². The van der Waals surface area contributed by atoms with Crippen LogP contribution < -0.4 is 5.32 Å². The van der Waals surface area contributed by atoms with E-state index in [1.165, 1.54) is 0 Å². The minimum Gasteiger partial charge on any atom is -0.444 e. The van der Waals surface area contributed by atoms with Gasteiger partial charge >= 0.3 is 0 Å². The third kappa shape index (κ3) is 2.64. The molecule has 0 spiro atoms. The third-order valence-corrected chi connectivity index (χ3v) is 2.38. The summed E-state index contributed by atoms with van der Waals surface area (Å²) in [5.74, 6) is 1.43. The molecule has 1 heterocycles. The van der Waals surface area contributed by atoms with E-state index in [2.05, 4.69) is 16.4 Å². The fraction of sp³-hybridized carbons (Fsp3) is 0.231. The number of oxazole rings is 1. The van der Waals surface area contributed by atoms with Crippen molar-refractivity contribution in [3.63, 3.8) is 0 Å². The summed E-state index contributed by atoms with van der Waals surface area (Å²) in [5, 5.41) is 12.0. The summed E-state index contributed by atoms with van der Waals surface area (Å²) in [5.41, 5.74) is 1.51. The molecule has 1 N–H and O–H groups in total. The second kappa shape index (κ2) is 4.71. The predicted molar refractivity (Wildman–Crippen MR) is 64.4 cm³/mol. The number of rotatable bonds is 3.